The minimum Gasteiger partial charge on any atom is -0.386 e. The van der Waals surface area contributed by atoms with Crippen molar-refractivity contribution in [2.75, 3.05) is 11.9 Å². The van der Waals surface area contributed by atoms with Crippen molar-refractivity contribution in [1.29, 1.82) is 0 Å². The molecule has 0 radical (unpaired) electrons. The van der Waals surface area contributed by atoms with Gasteiger partial charge >= 0.3 is 5.69 Å². The first-order chi connectivity index (χ1) is 19.8. The summed E-state index contributed by atoms with van der Waals surface area (Å²) in [6.45, 7) is 2.18. The molecule has 1 saturated heterocycles. The quantitative estimate of drug-likeness (QED) is 0.301. The normalized spacial score (nSPS) is 22.0. The predicted octanol–water partition coefficient (Wildman–Crippen LogP) is 4.09. The van der Waals surface area contributed by atoms with Crippen LogP contribution < -0.4 is 11.0 Å². The lowest BCUT2D eigenvalue weighted by Gasteiger charge is -2.30. The number of carbonyl (C=O) groups is 1. The van der Waals surface area contributed by atoms with Crippen LogP contribution in [0.25, 0.3) is 0 Å². The molecule has 1 amide bonds. The van der Waals surface area contributed by atoms with Gasteiger partial charge in [-0.3, -0.25) is 9.36 Å². The third kappa shape index (κ3) is 6.58. The molecule has 3 aromatic carbocycles. The summed E-state index contributed by atoms with van der Waals surface area (Å²) in [6.07, 6.45) is -2.77. The van der Waals surface area contributed by atoms with Gasteiger partial charge in [-0.25, -0.2) is 9.18 Å². The zero-order valence-corrected chi connectivity index (χ0v) is 22.4. The van der Waals surface area contributed by atoms with Gasteiger partial charge in [-0.1, -0.05) is 78.9 Å². The van der Waals surface area contributed by atoms with Gasteiger partial charge in [0.2, 0.25) is 0 Å². The number of halogens is 1. The van der Waals surface area contributed by atoms with Crippen LogP contribution in [-0.2, 0) is 27.4 Å². The number of amides is 1. The number of aromatic nitrogens is 2. The minimum absolute atomic E-state index is 0.0186. The average molecular weight is 560 g/mol. The molecular formula is C31H30FN3O6. The topological polar surface area (TPSA) is 112 Å². The van der Waals surface area contributed by atoms with Crippen molar-refractivity contribution in [1.82, 2.24) is 9.55 Å². The molecule has 2 heterocycles. The molecule has 9 nitrogen and oxygen atoms in total. The van der Waals surface area contributed by atoms with Gasteiger partial charge in [0.25, 0.3) is 5.91 Å². The number of aliphatic hydroxyl groups is 1. The molecule has 0 aliphatic carbocycles. The number of hydrogen-bond donors (Lipinski definition) is 2. The van der Waals surface area contributed by atoms with Crippen molar-refractivity contribution in [3.63, 3.8) is 0 Å². The van der Waals surface area contributed by atoms with E-state index in [4.69, 9.17) is 14.2 Å². The Labute approximate surface area is 236 Å². The largest absolute Gasteiger partial charge is 0.386 e. The second-order valence-corrected chi connectivity index (χ2v) is 9.95. The van der Waals surface area contributed by atoms with Crippen molar-refractivity contribution in [2.45, 2.75) is 44.2 Å². The summed E-state index contributed by atoms with van der Waals surface area (Å²) in [7, 11) is 0. The van der Waals surface area contributed by atoms with Gasteiger partial charge < -0.3 is 24.6 Å². The molecule has 4 atom stereocenters. The highest BCUT2D eigenvalue weighted by Crippen LogP contribution is 2.39. The summed E-state index contributed by atoms with van der Waals surface area (Å²) >= 11 is 0. The zero-order chi connectivity index (χ0) is 28.8. The zero-order valence-electron chi connectivity index (χ0n) is 22.4. The molecule has 0 unspecified atom stereocenters. The molecule has 0 saturated carbocycles. The molecule has 0 bridgehead atoms. The third-order valence-electron chi connectivity index (χ3n) is 6.82. The molecule has 41 heavy (non-hydrogen) atoms. The van der Waals surface area contributed by atoms with Crippen LogP contribution in [0, 0.1) is 5.82 Å². The van der Waals surface area contributed by atoms with Crippen LogP contribution in [-0.4, -0.2) is 45.0 Å². The summed E-state index contributed by atoms with van der Waals surface area (Å²) in [5.41, 5.74) is -0.0288. The molecule has 0 spiro atoms. The Balaban J connectivity index is 1.37. The number of rotatable bonds is 10. The highest BCUT2D eigenvalue weighted by Gasteiger charge is 2.54. The molecular weight excluding hydrogens is 529 g/mol. The second kappa shape index (κ2) is 12.5. The number of nitrogens with zero attached hydrogens (tertiary/aromatic N) is 2. The number of benzene rings is 3. The van der Waals surface area contributed by atoms with Gasteiger partial charge in [0.1, 0.15) is 17.8 Å². The van der Waals surface area contributed by atoms with Crippen molar-refractivity contribution < 1.29 is 28.5 Å². The summed E-state index contributed by atoms with van der Waals surface area (Å²) in [5, 5.41) is 13.6. The lowest BCUT2D eigenvalue weighted by atomic mass is 9.98. The van der Waals surface area contributed by atoms with Gasteiger partial charge in [-0.05, 0) is 30.2 Å². The van der Waals surface area contributed by atoms with E-state index in [2.05, 4.69) is 10.3 Å². The maximum Gasteiger partial charge on any atom is 0.351 e. The summed E-state index contributed by atoms with van der Waals surface area (Å²) < 4.78 is 34.2. The molecule has 4 aromatic rings. The first kappa shape index (κ1) is 28.3. The van der Waals surface area contributed by atoms with Gasteiger partial charge in [-0.2, -0.15) is 4.98 Å². The van der Waals surface area contributed by atoms with Crippen LogP contribution in [0.2, 0.25) is 0 Å². The highest BCUT2D eigenvalue weighted by molar-refractivity contribution is 6.03. The van der Waals surface area contributed by atoms with Crippen molar-refractivity contribution in [2.24, 2.45) is 0 Å². The fourth-order valence-corrected chi connectivity index (χ4v) is 4.73. The average Bonchev–Trinajstić information content (AvgIpc) is 3.24. The molecule has 2 N–H and O–H groups in total. The Morgan fingerprint density at radius 2 is 1.59 bits per heavy atom. The van der Waals surface area contributed by atoms with E-state index < -0.39 is 47.3 Å². The second-order valence-electron chi connectivity index (χ2n) is 9.95. The summed E-state index contributed by atoms with van der Waals surface area (Å²) in [5.74, 6) is -2.12. The Morgan fingerprint density at radius 3 is 2.22 bits per heavy atom. The lowest BCUT2D eigenvalue weighted by molar-refractivity contribution is -0.147. The maximum atomic E-state index is 15.1. The van der Waals surface area contributed by atoms with E-state index in [0.717, 1.165) is 21.9 Å². The minimum atomic E-state index is -1.37. The maximum absolute atomic E-state index is 15.1. The van der Waals surface area contributed by atoms with Gasteiger partial charge in [0, 0.05) is 5.56 Å². The fourth-order valence-electron chi connectivity index (χ4n) is 4.73. The van der Waals surface area contributed by atoms with E-state index in [1.807, 2.05) is 60.7 Å². The molecule has 1 aliphatic heterocycles. The van der Waals surface area contributed by atoms with Crippen molar-refractivity contribution in [3.8, 4) is 0 Å². The monoisotopic (exact) mass is 559 g/mol. The van der Waals surface area contributed by atoms with E-state index in [-0.39, 0.29) is 25.4 Å². The summed E-state index contributed by atoms with van der Waals surface area (Å²) in [6, 6.07) is 27.1. The number of carbonyl (C=O) groups excluding carboxylic acids is 1. The Bertz CT molecular complexity index is 1520. The fraction of sp³-hybridized carbons (Fsp3) is 0.258. The van der Waals surface area contributed by atoms with E-state index in [0.29, 0.717) is 0 Å². The molecule has 1 aromatic heterocycles. The first-order valence-corrected chi connectivity index (χ1v) is 13.1. The van der Waals surface area contributed by atoms with Gasteiger partial charge in [0.15, 0.2) is 17.9 Å². The van der Waals surface area contributed by atoms with Crippen LogP contribution in [0.5, 0.6) is 0 Å². The van der Waals surface area contributed by atoms with Crippen LogP contribution >= 0.6 is 0 Å². The molecule has 10 heteroatoms. The van der Waals surface area contributed by atoms with Crippen LogP contribution in [0.15, 0.2) is 102 Å². The standard InChI is InChI=1S/C31H30FN3O6/c1-31(20-39-18-21-11-5-2-6-12-21)26(40-19-22-13-7-3-8-14-22)25(36)29(41-31)35-17-24(32)27(34-30(35)38)33-28(37)23-15-9-4-10-16-23/h2-17,25-26,29,36H,18-20H2,1H3,(H,33,34,37,38)/t25-,26+,29-,31-/m1/s1. The van der Waals surface area contributed by atoms with Gasteiger partial charge in [-0.15, -0.1) is 0 Å². The van der Waals surface area contributed by atoms with Gasteiger partial charge in [0.05, 0.1) is 26.0 Å². The molecule has 212 valence electrons. The Kier molecular flexibility index (Phi) is 8.65. The van der Waals surface area contributed by atoms with Crippen molar-refractivity contribution in [3.05, 3.63) is 130 Å². The number of aliphatic hydroxyl groups excluding tert-OH is 1. The number of nitrogens with one attached hydrogen (secondary N) is 1. The molecule has 5 rings (SSSR count). The smallest absolute Gasteiger partial charge is 0.351 e. The highest BCUT2D eigenvalue weighted by atomic mass is 19.1. The Morgan fingerprint density at radius 1 is 1.00 bits per heavy atom. The van der Waals surface area contributed by atoms with E-state index >= 15 is 4.39 Å². The van der Waals surface area contributed by atoms with Crippen LogP contribution in [0.1, 0.15) is 34.6 Å². The first-order valence-electron chi connectivity index (χ1n) is 13.1. The molecule has 1 fully saturated rings. The lowest BCUT2D eigenvalue weighted by Crippen LogP contribution is -2.46. The predicted molar refractivity (Wildman–Crippen MR) is 149 cm³/mol. The van der Waals surface area contributed by atoms with Crippen LogP contribution in [0.4, 0.5) is 10.2 Å². The number of ether oxygens (including phenoxy) is 3. The van der Waals surface area contributed by atoms with E-state index in [9.17, 15) is 14.7 Å². The SMILES string of the molecule is C[C@]1(COCc2ccccc2)O[C@@H](n2cc(F)c(NC(=O)c3ccccc3)nc2=O)[C@H](O)[C@@H]1OCc1ccccc1. The van der Waals surface area contributed by atoms with Crippen molar-refractivity contribution >= 4 is 11.7 Å². The van der Waals surface area contributed by atoms with E-state index in [1.54, 1.807) is 37.3 Å². The number of hydrogen-bond acceptors (Lipinski definition) is 7. The molecule has 1 aliphatic rings. The Hall–Kier alpha value is -4.22. The third-order valence-corrected chi connectivity index (χ3v) is 6.82. The van der Waals surface area contributed by atoms with E-state index in [1.165, 1.54) is 0 Å². The number of anilines is 1. The summed E-state index contributed by atoms with van der Waals surface area (Å²) in [4.78, 5) is 29.2. The van der Waals surface area contributed by atoms with Crippen LogP contribution in [0.3, 0.4) is 0 Å².